The quantitative estimate of drug-likeness (QED) is 0.267. The molecule has 194 valence electrons. The maximum absolute atomic E-state index is 13.2. The van der Waals surface area contributed by atoms with Gasteiger partial charge in [-0.2, -0.15) is 0 Å². The molecule has 2 aliphatic rings. The highest BCUT2D eigenvalue weighted by Crippen LogP contribution is 2.45. The summed E-state index contributed by atoms with van der Waals surface area (Å²) in [5.74, 6) is -0.566. The largest absolute Gasteiger partial charge is 0.462 e. The van der Waals surface area contributed by atoms with Gasteiger partial charge in [0.05, 0.1) is 12.0 Å². The smallest absolute Gasteiger partial charge is 0.340 e. The summed E-state index contributed by atoms with van der Waals surface area (Å²) in [5.41, 5.74) is 2.66. The molecule has 0 radical (unpaired) electrons. The summed E-state index contributed by atoms with van der Waals surface area (Å²) in [5, 5.41) is 0.0762. The lowest BCUT2D eigenvalue weighted by Crippen LogP contribution is -2.43. The zero-order valence-electron chi connectivity index (χ0n) is 22.6. The van der Waals surface area contributed by atoms with Crippen molar-refractivity contribution in [3.8, 4) is 0 Å². The van der Waals surface area contributed by atoms with E-state index < -0.39 is 8.32 Å². The average Bonchev–Trinajstić information content (AvgIpc) is 3.29. The van der Waals surface area contributed by atoms with E-state index in [9.17, 15) is 9.59 Å². The molecule has 0 unspecified atom stereocenters. The Kier molecular flexibility index (Phi) is 8.97. The number of carbonyl (C=O) groups excluding carboxylic acids is 2. The number of nitrogens with zero attached hydrogens (tertiary/aromatic N) is 1. The van der Waals surface area contributed by atoms with Crippen LogP contribution in [0.1, 0.15) is 89.1 Å². The summed E-state index contributed by atoms with van der Waals surface area (Å²) in [6.07, 6.45) is 10.1. The van der Waals surface area contributed by atoms with E-state index in [-0.39, 0.29) is 41.0 Å². The van der Waals surface area contributed by atoms with Crippen LogP contribution in [-0.4, -0.2) is 44.1 Å². The zero-order chi connectivity index (χ0) is 25.8. The van der Waals surface area contributed by atoms with Gasteiger partial charge in [0.25, 0.3) is 0 Å². The molecule has 0 amide bonds. The molecule has 0 bridgehead atoms. The Balaban J connectivity index is 1.76. The topological polar surface area (TPSA) is 74.7 Å². The summed E-state index contributed by atoms with van der Waals surface area (Å²) >= 11 is 0. The molecule has 1 aromatic heterocycles. The number of allylic oxidation sites excluding steroid dienone is 2. The monoisotopic (exact) mass is 501 g/mol. The average molecular weight is 502 g/mol. The summed E-state index contributed by atoms with van der Waals surface area (Å²) in [7, 11) is -1.99. The highest BCUT2D eigenvalue weighted by Gasteiger charge is 2.52. The van der Waals surface area contributed by atoms with Crippen molar-refractivity contribution in [3.05, 3.63) is 35.7 Å². The number of hydrogen-bond acceptors (Lipinski definition) is 6. The van der Waals surface area contributed by atoms with E-state index in [1.807, 2.05) is 12.3 Å². The second kappa shape index (κ2) is 11.4. The minimum atomic E-state index is -1.99. The lowest BCUT2D eigenvalue weighted by Gasteiger charge is -2.38. The van der Waals surface area contributed by atoms with Crippen LogP contribution in [0.5, 0.6) is 0 Å². The van der Waals surface area contributed by atoms with Crippen molar-refractivity contribution < 1.29 is 23.5 Å². The first-order chi connectivity index (χ1) is 16.5. The first kappa shape index (κ1) is 27.6. The predicted molar refractivity (Wildman–Crippen MR) is 140 cm³/mol. The van der Waals surface area contributed by atoms with Crippen LogP contribution in [-0.2, 0) is 18.7 Å². The van der Waals surface area contributed by atoms with E-state index >= 15 is 0 Å². The highest BCUT2D eigenvalue weighted by atomic mass is 28.4. The van der Waals surface area contributed by atoms with Gasteiger partial charge in [-0.3, -0.25) is 9.78 Å². The molecule has 0 spiro atoms. The molecule has 1 aliphatic carbocycles. The van der Waals surface area contributed by atoms with Crippen molar-refractivity contribution in [1.29, 1.82) is 0 Å². The minimum Gasteiger partial charge on any atom is -0.462 e. The number of aromatic nitrogens is 1. The summed E-state index contributed by atoms with van der Waals surface area (Å²) < 4.78 is 18.1. The number of hydrogen-bond donors (Lipinski definition) is 0. The molecule has 6 nitrogen and oxygen atoms in total. The van der Waals surface area contributed by atoms with Gasteiger partial charge in [-0.1, -0.05) is 53.5 Å². The van der Waals surface area contributed by atoms with Crippen LogP contribution in [0.25, 0.3) is 5.57 Å². The normalized spacial score (nSPS) is 24.9. The molecule has 0 N–H and O–H groups in total. The third-order valence-corrected chi connectivity index (χ3v) is 12.4. The number of fused-ring (bicyclic) bond motifs is 1. The van der Waals surface area contributed by atoms with E-state index in [2.05, 4.69) is 58.8 Å². The van der Waals surface area contributed by atoms with Gasteiger partial charge in [-0.25, -0.2) is 4.79 Å². The first-order valence-electron chi connectivity index (χ1n) is 13.2. The van der Waals surface area contributed by atoms with E-state index in [4.69, 9.17) is 13.9 Å². The van der Waals surface area contributed by atoms with Crippen LogP contribution in [0.3, 0.4) is 0 Å². The van der Waals surface area contributed by atoms with Crippen molar-refractivity contribution in [2.45, 2.75) is 103 Å². The Morgan fingerprint density at radius 1 is 1.20 bits per heavy atom. The van der Waals surface area contributed by atoms with Gasteiger partial charge in [0.15, 0.2) is 8.32 Å². The summed E-state index contributed by atoms with van der Waals surface area (Å²) in [6, 6.07) is 1.89. The maximum Gasteiger partial charge on any atom is 0.340 e. The summed E-state index contributed by atoms with van der Waals surface area (Å²) in [4.78, 5) is 29.5. The number of rotatable bonds is 10. The second-order valence-electron chi connectivity index (χ2n) is 11.5. The van der Waals surface area contributed by atoms with Crippen molar-refractivity contribution in [2.24, 2.45) is 11.8 Å². The number of esters is 2. The molecular formula is C28H43NO5Si. The Morgan fingerprint density at radius 3 is 2.57 bits per heavy atom. The van der Waals surface area contributed by atoms with Crippen LogP contribution < -0.4 is 0 Å². The molecule has 1 saturated carbocycles. The maximum atomic E-state index is 13.2. The van der Waals surface area contributed by atoms with Crippen LogP contribution in [0.15, 0.2) is 24.5 Å². The van der Waals surface area contributed by atoms with Gasteiger partial charge >= 0.3 is 11.9 Å². The molecule has 1 aromatic rings. The van der Waals surface area contributed by atoms with Crippen LogP contribution in [0, 0.1) is 11.8 Å². The molecule has 0 aromatic carbocycles. The Bertz CT molecular complexity index is 936. The molecule has 4 atom stereocenters. The number of carbonyl (C=O) groups is 2. The number of ether oxygens (including phenoxy) is 2. The van der Waals surface area contributed by atoms with Crippen LogP contribution in [0.2, 0.25) is 18.1 Å². The van der Waals surface area contributed by atoms with Gasteiger partial charge in [-0.05, 0) is 48.2 Å². The lowest BCUT2D eigenvalue weighted by atomic mass is 9.93. The predicted octanol–water partition coefficient (Wildman–Crippen LogP) is 6.56. The van der Waals surface area contributed by atoms with E-state index in [0.29, 0.717) is 25.0 Å². The van der Waals surface area contributed by atoms with Gasteiger partial charge in [0.1, 0.15) is 12.2 Å². The fourth-order valence-corrected chi connectivity index (χ4v) is 5.77. The lowest BCUT2D eigenvalue weighted by molar-refractivity contribution is -0.141. The SMILES string of the molecule is CCC/C=C(\CCC)c1cncc(C(=O)O[C@H]2C[C@H]3OC(=O)C[C@H]3[C@@H]2CO[Si](C)(C)C(C)(C)C)c1. The molecule has 2 fully saturated rings. The number of pyridine rings is 1. The van der Waals surface area contributed by atoms with Crippen LogP contribution >= 0.6 is 0 Å². The van der Waals surface area contributed by atoms with Gasteiger partial charge in [0, 0.05) is 37.3 Å². The molecule has 1 aliphatic heterocycles. The van der Waals surface area contributed by atoms with E-state index in [1.54, 1.807) is 6.20 Å². The molecule has 3 rings (SSSR count). The molecule has 7 heteroatoms. The third kappa shape index (κ3) is 6.61. The fourth-order valence-electron chi connectivity index (χ4n) is 4.73. The Hall–Kier alpha value is -1.99. The van der Waals surface area contributed by atoms with E-state index in [0.717, 1.165) is 31.2 Å². The first-order valence-corrected chi connectivity index (χ1v) is 16.1. The van der Waals surface area contributed by atoms with E-state index in [1.165, 1.54) is 5.57 Å². The molecule has 35 heavy (non-hydrogen) atoms. The molecule has 1 saturated heterocycles. The van der Waals surface area contributed by atoms with Crippen molar-refractivity contribution in [1.82, 2.24) is 4.98 Å². The molecule has 2 heterocycles. The second-order valence-corrected chi connectivity index (χ2v) is 16.4. The van der Waals surface area contributed by atoms with Gasteiger partial charge < -0.3 is 13.9 Å². The van der Waals surface area contributed by atoms with Gasteiger partial charge in [-0.15, -0.1) is 0 Å². The third-order valence-electron chi connectivity index (χ3n) is 7.90. The summed E-state index contributed by atoms with van der Waals surface area (Å²) in [6.45, 7) is 15.8. The van der Waals surface area contributed by atoms with Crippen molar-refractivity contribution in [2.75, 3.05) is 6.61 Å². The minimum absolute atomic E-state index is 0.0302. The Labute approximate surface area is 212 Å². The zero-order valence-corrected chi connectivity index (χ0v) is 23.6. The standard InChI is InChI=1S/C28H43NO5Si/c1-8-10-12-19(11-9-2)20-13-21(17-29-16-20)27(31)34-25-15-24-22(14-26(30)33-24)23(25)18-32-35(6,7)28(3,4)5/h12-13,16-17,22-25H,8-11,14-15,18H2,1-7H3/b19-12+/t22-,23-,24+,25-/m0/s1. The van der Waals surface area contributed by atoms with Crippen molar-refractivity contribution >= 4 is 25.8 Å². The van der Waals surface area contributed by atoms with Crippen LogP contribution in [0.4, 0.5) is 0 Å². The molecular weight excluding hydrogens is 458 g/mol. The highest BCUT2D eigenvalue weighted by molar-refractivity contribution is 6.74. The van der Waals surface area contributed by atoms with Gasteiger partial charge in [0.2, 0.25) is 0 Å². The Morgan fingerprint density at radius 2 is 1.91 bits per heavy atom. The van der Waals surface area contributed by atoms with Crippen molar-refractivity contribution in [3.63, 3.8) is 0 Å². The fraction of sp³-hybridized carbons (Fsp3) is 0.679. The number of unbranched alkanes of at least 4 members (excludes halogenated alkanes) is 1.